The van der Waals surface area contributed by atoms with Crippen molar-refractivity contribution in [2.24, 2.45) is 0 Å². The molecule has 0 unspecified atom stereocenters. The van der Waals surface area contributed by atoms with Crippen LogP contribution in [-0.2, 0) is 10.2 Å². The van der Waals surface area contributed by atoms with Crippen molar-refractivity contribution in [1.29, 1.82) is 0 Å². The molecule has 1 aliphatic carbocycles. The third-order valence-electron chi connectivity index (χ3n) is 5.18. The summed E-state index contributed by atoms with van der Waals surface area (Å²) in [6, 6.07) is 11.5. The monoisotopic (exact) mass is 386 g/mol. The van der Waals surface area contributed by atoms with E-state index in [1.165, 1.54) is 11.3 Å². The lowest BCUT2D eigenvalue weighted by Gasteiger charge is -2.28. The summed E-state index contributed by atoms with van der Waals surface area (Å²) in [5, 5.41) is 7.85. The lowest BCUT2D eigenvalue weighted by atomic mass is 9.78. The van der Waals surface area contributed by atoms with Crippen LogP contribution in [0.5, 0.6) is 5.75 Å². The van der Waals surface area contributed by atoms with Crippen molar-refractivity contribution in [1.82, 2.24) is 10.6 Å². The first kappa shape index (κ1) is 19.4. The quantitative estimate of drug-likeness (QED) is 0.682. The Bertz CT molecular complexity index is 767. The Morgan fingerprint density at radius 2 is 1.89 bits per heavy atom. The number of ether oxygens (including phenoxy) is 1. The number of carbonyl (C=O) groups excluding carboxylic acids is 2. The van der Waals surface area contributed by atoms with E-state index in [4.69, 9.17) is 4.74 Å². The van der Waals surface area contributed by atoms with Crippen LogP contribution in [0.2, 0.25) is 0 Å². The fourth-order valence-electron chi connectivity index (χ4n) is 3.70. The van der Waals surface area contributed by atoms with E-state index in [2.05, 4.69) is 10.6 Å². The highest BCUT2D eigenvalue weighted by atomic mass is 32.1. The predicted molar refractivity (Wildman–Crippen MR) is 107 cm³/mol. The number of carbonyl (C=O) groups is 2. The molecule has 1 aromatic heterocycles. The number of nitrogens with one attached hydrogen (secondary N) is 2. The molecular weight excluding hydrogens is 360 g/mol. The van der Waals surface area contributed by atoms with E-state index in [-0.39, 0.29) is 11.8 Å². The number of amides is 2. The maximum atomic E-state index is 13.0. The molecule has 0 radical (unpaired) electrons. The van der Waals surface area contributed by atoms with Crippen LogP contribution < -0.4 is 15.4 Å². The van der Waals surface area contributed by atoms with Crippen LogP contribution in [0.1, 0.15) is 47.3 Å². The topological polar surface area (TPSA) is 67.4 Å². The third kappa shape index (κ3) is 4.50. The molecule has 0 saturated heterocycles. The van der Waals surface area contributed by atoms with Gasteiger partial charge in [0, 0.05) is 13.1 Å². The number of methoxy groups -OCH3 is 1. The second-order valence-corrected chi connectivity index (χ2v) is 7.81. The lowest BCUT2D eigenvalue weighted by molar-refractivity contribution is -0.126. The Morgan fingerprint density at radius 3 is 2.59 bits per heavy atom. The minimum absolute atomic E-state index is 0.0556. The molecule has 3 rings (SSSR count). The maximum absolute atomic E-state index is 13.0. The number of hydrogen-bond acceptors (Lipinski definition) is 4. The average molecular weight is 387 g/mol. The van der Waals surface area contributed by atoms with Gasteiger partial charge >= 0.3 is 0 Å². The molecule has 2 N–H and O–H groups in total. The van der Waals surface area contributed by atoms with Crippen LogP contribution in [0, 0.1) is 0 Å². The molecule has 144 valence electrons. The van der Waals surface area contributed by atoms with Gasteiger partial charge in [-0.25, -0.2) is 0 Å². The third-order valence-corrected chi connectivity index (χ3v) is 6.05. The Labute approximate surface area is 164 Å². The van der Waals surface area contributed by atoms with Gasteiger partial charge in [-0.15, -0.1) is 11.3 Å². The Kier molecular flexibility index (Phi) is 6.50. The molecule has 0 bridgehead atoms. The lowest BCUT2D eigenvalue weighted by Crippen LogP contribution is -2.43. The molecule has 1 fully saturated rings. The van der Waals surface area contributed by atoms with Crippen molar-refractivity contribution < 1.29 is 14.3 Å². The van der Waals surface area contributed by atoms with Crippen LogP contribution >= 0.6 is 11.3 Å². The molecule has 2 amide bonds. The Hall–Kier alpha value is -2.34. The van der Waals surface area contributed by atoms with Gasteiger partial charge in [0.2, 0.25) is 5.91 Å². The summed E-state index contributed by atoms with van der Waals surface area (Å²) < 4.78 is 5.33. The number of benzene rings is 1. The zero-order valence-corrected chi connectivity index (χ0v) is 16.4. The van der Waals surface area contributed by atoms with Gasteiger partial charge in [0.15, 0.2) is 0 Å². The van der Waals surface area contributed by atoms with Crippen molar-refractivity contribution in [2.75, 3.05) is 20.2 Å². The molecule has 6 heteroatoms. The van der Waals surface area contributed by atoms with Crippen molar-refractivity contribution in [3.63, 3.8) is 0 Å². The van der Waals surface area contributed by atoms with E-state index in [0.717, 1.165) is 37.0 Å². The van der Waals surface area contributed by atoms with Gasteiger partial charge in [-0.3, -0.25) is 9.59 Å². The molecule has 2 aromatic rings. The summed E-state index contributed by atoms with van der Waals surface area (Å²) in [6.45, 7) is 1.10. The SMILES string of the molecule is COc1cccc(C2(C(=O)NCCCNC(=O)c3cccs3)CCCC2)c1. The van der Waals surface area contributed by atoms with Gasteiger partial charge in [0.1, 0.15) is 5.75 Å². The molecule has 0 spiro atoms. The normalized spacial score (nSPS) is 15.3. The van der Waals surface area contributed by atoms with Crippen LogP contribution in [-0.4, -0.2) is 32.0 Å². The summed E-state index contributed by atoms with van der Waals surface area (Å²) in [5.41, 5.74) is 0.567. The molecule has 5 nitrogen and oxygen atoms in total. The zero-order valence-electron chi connectivity index (χ0n) is 15.6. The van der Waals surface area contributed by atoms with Gasteiger partial charge in [0.25, 0.3) is 5.91 Å². The minimum Gasteiger partial charge on any atom is -0.497 e. The van der Waals surface area contributed by atoms with Gasteiger partial charge < -0.3 is 15.4 Å². The highest BCUT2D eigenvalue weighted by Crippen LogP contribution is 2.42. The standard InChI is InChI=1S/C21H26N2O3S/c1-26-17-8-4-7-16(15-17)21(10-2-3-11-21)20(25)23-13-6-12-22-19(24)18-9-5-14-27-18/h4-5,7-9,14-15H,2-3,6,10-13H2,1H3,(H,22,24)(H,23,25). The smallest absolute Gasteiger partial charge is 0.261 e. The highest BCUT2D eigenvalue weighted by Gasteiger charge is 2.42. The van der Waals surface area contributed by atoms with Crippen LogP contribution in [0.3, 0.4) is 0 Å². The number of rotatable bonds is 8. The Balaban J connectivity index is 1.52. The summed E-state index contributed by atoms with van der Waals surface area (Å²) in [4.78, 5) is 25.6. The molecule has 0 atom stereocenters. The predicted octanol–water partition coefficient (Wildman–Crippen LogP) is 3.50. The fourth-order valence-corrected chi connectivity index (χ4v) is 4.34. The van der Waals surface area contributed by atoms with E-state index in [0.29, 0.717) is 24.4 Å². The minimum atomic E-state index is -0.464. The molecule has 1 aliphatic rings. The maximum Gasteiger partial charge on any atom is 0.261 e. The summed E-state index contributed by atoms with van der Waals surface area (Å²) in [5.74, 6) is 0.806. The fraction of sp³-hybridized carbons (Fsp3) is 0.429. The average Bonchev–Trinajstić information content (AvgIpc) is 3.40. The molecule has 27 heavy (non-hydrogen) atoms. The first-order valence-corrected chi connectivity index (χ1v) is 10.3. The van der Waals surface area contributed by atoms with Crippen molar-refractivity contribution in [2.45, 2.75) is 37.5 Å². The van der Waals surface area contributed by atoms with Gasteiger partial charge in [-0.05, 0) is 48.4 Å². The van der Waals surface area contributed by atoms with Crippen LogP contribution in [0.4, 0.5) is 0 Å². The second-order valence-electron chi connectivity index (χ2n) is 6.86. The van der Waals surface area contributed by atoms with Gasteiger partial charge in [-0.1, -0.05) is 31.0 Å². The van der Waals surface area contributed by atoms with Gasteiger partial charge in [0.05, 0.1) is 17.4 Å². The van der Waals surface area contributed by atoms with Crippen LogP contribution in [0.15, 0.2) is 41.8 Å². The summed E-state index contributed by atoms with van der Waals surface area (Å²) >= 11 is 1.42. The molecule has 0 aliphatic heterocycles. The highest BCUT2D eigenvalue weighted by molar-refractivity contribution is 7.12. The van der Waals surface area contributed by atoms with Gasteiger partial charge in [-0.2, -0.15) is 0 Å². The van der Waals surface area contributed by atoms with Crippen molar-refractivity contribution in [3.8, 4) is 5.75 Å². The second kappa shape index (κ2) is 9.04. The molecule has 1 saturated carbocycles. The van der Waals surface area contributed by atoms with E-state index < -0.39 is 5.41 Å². The van der Waals surface area contributed by atoms with E-state index in [1.54, 1.807) is 13.2 Å². The van der Waals surface area contributed by atoms with E-state index in [9.17, 15) is 9.59 Å². The van der Waals surface area contributed by atoms with E-state index in [1.807, 2.05) is 35.7 Å². The largest absolute Gasteiger partial charge is 0.497 e. The molecule has 1 aromatic carbocycles. The first-order chi connectivity index (χ1) is 13.2. The van der Waals surface area contributed by atoms with Crippen molar-refractivity contribution in [3.05, 3.63) is 52.2 Å². The van der Waals surface area contributed by atoms with E-state index >= 15 is 0 Å². The first-order valence-electron chi connectivity index (χ1n) is 9.40. The Morgan fingerprint density at radius 1 is 1.11 bits per heavy atom. The summed E-state index contributed by atoms with van der Waals surface area (Å²) in [7, 11) is 1.64. The number of hydrogen-bond donors (Lipinski definition) is 2. The molecular formula is C21H26N2O3S. The number of thiophene rings is 1. The van der Waals surface area contributed by atoms with Crippen molar-refractivity contribution >= 4 is 23.2 Å². The van der Waals surface area contributed by atoms with Crippen LogP contribution in [0.25, 0.3) is 0 Å². The zero-order chi connectivity index (χ0) is 19.1. The summed E-state index contributed by atoms with van der Waals surface area (Å²) in [6.07, 6.45) is 4.54. The molecule has 1 heterocycles.